The van der Waals surface area contributed by atoms with Gasteiger partial charge >= 0.3 is 0 Å². The maximum absolute atomic E-state index is 9.19. The molecule has 2 aliphatic heterocycles. The van der Waals surface area contributed by atoms with E-state index in [0.29, 0.717) is 12.2 Å². The molecular formula is C30H45NO7S. The van der Waals surface area contributed by atoms with Gasteiger partial charge in [-0.15, -0.1) is 0 Å². The van der Waals surface area contributed by atoms with Crippen LogP contribution in [0.2, 0.25) is 0 Å². The monoisotopic (exact) mass is 563 g/mol. The SMILES string of the molecule is CS(=O)(=O)O.c1cc(C2CCC3(CC2)CC2(OO3)C3CC4CC(C3)CC2C4)ccc1OCCN1CCOCC1. The van der Waals surface area contributed by atoms with Crippen LogP contribution in [0.15, 0.2) is 24.3 Å². The van der Waals surface area contributed by atoms with Crippen LogP contribution in [0.1, 0.15) is 75.7 Å². The van der Waals surface area contributed by atoms with Crippen molar-refractivity contribution in [2.24, 2.45) is 23.7 Å². The Bertz CT molecular complexity index is 1040. The third kappa shape index (κ3) is 6.33. The topological polar surface area (TPSA) is 94.5 Å². The molecule has 1 aromatic rings. The lowest BCUT2D eigenvalue weighted by Crippen LogP contribution is -2.58. The standard InChI is InChI=1S/C29H41NO4.CH4O3S/c1-3-27(32-14-11-30-9-12-31-13-10-30)4-2-23(1)24-5-7-28(8-6-24)20-29(34-33-28)25-16-21-15-22(18-25)19-26(29)17-21;1-5(2,3)4/h1-4,21-22,24-26H,5-20H2;1H3,(H,2,3,4). The summed E-state index contributed by atoms with van der Waals surface area (Å²) in [5.41, 5.74) is 1.49. The summed E-state index contributed by atoms with van der Waals surface area (Å²) in [5, 5.41) is 0. The van der Waals surface area contributed by atoms with Crippen LogP contribution < -0.4 is 4.74 Å². The Morgan fingerprint density at radius 3 is 2.13 bits per heavy atom. The van der Waals surface area contributed by atoms with E-state index in [1.807, 2.05) is 0 Å². The minimum Gasteiger partial charge on any atom is -0.492 e. The van der Waals surface area contributed by atoms with Crippen LogP contribution in [-0.2, 0) is 24.6 Å². The number of ether oxygens (including phenoxy) is 2. The quantitative estimate of drug-likeness (QED) is 0.402. The predicted molar refractivity (Wildman–Crippen MR) is 147 cm³/mol. The molecule has 0 aromatic heterocycles. The molecule has 9 heteroatoms. The highest BCUT2D eigenvalue weighted by Gasteiger charge is 2.65. The highest BCUT2D eigenvalue weighted by atomic mass is 32.2. The van der Waals surface area contributed by atoms with Crippen molar-refractivity contribution in [2.45, 2.75) is 81.3 Å². The molecule has 2 spiro atoms. The molecule has 5 aliphatic carbocycles. The van der Waals surface area contributed by atoms with Gasteiger partial charge in [0.25, 0.3) is 10.1 Å². The van der Waals surface area contributed by atoms with Crippen molar-refractivity contribution in [1.29, 1.82) is 0 Å². The van der Waals surface area contributed by atoms with Gasteiger partial charge in [0.15, 0.2) is 0 Å². The van der Waals surface area contributed by atoms with Crippen LogP contribution in [0.4, 0.5) is 0 Å². The third-order valence-corrected chi connectivity index (χ3v) is 10.5. The lowest BCUT2D eigenvalue weighted by molar-refractivity contribution is -0.385. The lowest BCUT2D eigenvalue weighted by Gasteiger charge is -2.58. The molecule has 0 amide bonds. The smallest absolute Gasteiger partial charge is 0.261 e. The van der Waals surface area contributed by atoms with Crippen molar-refractivity contribution in [3.63, 3.8) is 0 Å². The van der Waals surface area contributed by atoms with E-state index in [9.17, 15) is 8.42 Å². The average Bonchev–Trinajstić information content (AvgIpc) is 3.27. The molecule has 7 aliphatic rings. The summed E-state index contributed by atoms with van der Waals surface area (Å²) in [6.07, 6.45) is 13.7. The maximum Gasteiger partial charge on any atom is 0.261 e. The molecule has 0 radical (unpaired) electrons. The normalized spacial score (nSPS) is 39.6. The highest BCUT2D eigenvalue weighted by Crippen LogP contribution is 2.65. The summed E-state index contributed by atoms with van der Waals surface area (Å²) in [4.78, 5) is 15.2. The first kappa shape index (κ1) is 27.9. The van der Waals surface area contributed by atoms with Gasteiger partial charge in [0, 0.05) is 26.1 Å². The van der Waals surface area contributed by atoms with Crippen LogP contribution in [-0.4, -0.2) is 74.8 Å². The first-order valence-electron chi connectivity index (χ1n) is 15.0. The third-order valence-electron chi connectivity index (χ3n) is 10.5. The van der Waals surface area contributed by atoms with Gasteiger partial charge < -0.3 is 9.47 Å². The summed E-state index contributed by atoms with van der Waals surface area (Å²) in [7, 11) is -3.67. The summed E-state index contributed by atoms with van der Waals surface area (Å²) >= 11 is 0. The van der Waals surface area contributed by atoms with Crippen LogP contribution >= 0.6 is 0 Å². The predicted octanol–water partition coefficient (Wildman–Crippen LogP) is 4.84. The molecule has 5 saturated carbocycles. The molecule has 7 fully saturated rings. The molecule has 8 nitrogen and oxygen atoms in total. The largest absolute Gasteiger partial charge is 0.492 e. The van der Waals surface area contributed by atoms with Gasteiger partial charge in [-0.05, 0) is 105 Å². The second-order valence-corrected chi connectivity index (χ2v) is 14.6. The van der Waals surface area contributed by atoms with Crippen molar-refractivity contribution in [2.75, 3.05) is 45.7 Å². The van der Waals surface area contributed by atoms with E-state index in [0.717, 1.165) is 88.1 Å². The van der Waals surface area contributed by atoms with Gasteiger partial charge in [-0.3, -0.25) is 9.45 Å². The van der Waals surface area contributed by atoms with Gasteiger partial charge in [0.05, 0.1) is 19.5 Å². The number of benzene rings is 1. The molecule has 1 aromatic carbocycles. The van der Waals surface area contributed by atoms with Gasteiger partial charge in [-0.2, -0.15) is 8.42 Å². The Labute approximate surface area is 233 Å². The lowest BCUT2D eigenvalue weighted by atomic mass is 9.48. The van der Waals surface area contributed by atoms with Crippen molar-refractivity contribution >= 4 is 10.1 Å². The first-order chi connectivity index (χ1) is 18.7. The van der Waals surface area contributed by atoms with Crippen molar-refractivity contribution in [3.05, 3.63) is 29.8 Å². The minimum atomic E-state index is -3.67. The van der Waals surface area contributed by atoms with Crippen LogP contribution in [0, 0.1) is 23.7 Å². The van der Waals surface area contributed by atoms with E-state index in [1.54, 1.807) is 0 Å². The summed E-state index contributed by atoms with van der Waals surface area (Å²) in [6.45, 7) is 5.44. The highest BCUT2D eigenvalue weighted by molar-refractivity contribution is 7.85. The number of hydrogen-bond donors (Lipinski definition) is 1. The zero-order chi connectivity index (χ0) is 27.1. The van der Waals surface area contributed by atoms with Crippen molar-refractivity contribution < 1.29 is 32.2 Å². The number of hydrogen-bond acceptors (Lipinski definition) is 7. The molecule has 4 bridgehead atoms. The molecule has 0 atom stereocenters. The Hall–Kier alpha value is -1.23. The maximum atomic E-state index is 9.19. The van der Waals surface area contributed by atoms with E-state index < -0.39 is 10.1 Å². The fraction of sp³-hybridized carbons (Fsp3) is 0.800. The Morgan fingerprint density at radius 1 is 0.949 bits per heavy atom. The van der Waals surface area contributed by atoms with E-state index in [2.05, 4.69) is 29.2 Å². The average molecular weight is 564 g/mol. The molecule has 1 N–H and O–H groups in total. The molecule has 2 heterocycles. The van der Waals surface area contributed by atoms with Gasteiger partial charge in [-0.25, -0.2) is 9.78 Å². The summed E-state index contributed by atoms with van der Waals surface area (Å²) < 4.78 is 37.3. The zero-order valence-corrected chi connectivity index (χ0v) is 24.1. The summed E-state index contributed by atoms with van der Waals surface area (Å²) in [5.74, 6) is 5.10. The second kappa shape index (κ2) is 11.2. The van der Waals surface area contributed by atoms with Crippen LogP contribution in [0.5, 0.6) is 5.75 Å². The fourth-order valence-corrected chi connectivity index (χ4v) is 8.83. The minimum absolute atomic E-state index is 0.0194. The number of rotatable bonds is 5. The van der Waals surface area contributed by atoms with Crippen LogP contribution in [0.25, 0.3) is 0 Å². The molecule has 218 valence electrons. The summed E-state index contributed by atoms with van der Waals surface area (Å²) in [6, 6.07) is 8.91. The van der Waals surface area contributed by atoms with E-state index >= 15 is 0 Å². The van der Waals surface area contributed by atoms with Crippen molar-refractivity contribution in [1.82, 2.24) is 4.90 Å². The Morgan fingerprint density at radius 2 is 1.54 bits per heavy atom. The molecule has 39 heavy (non-hydrogen) atoms. The molecule has 2 saturated heterocycles. The fourth-order valence-electron chi connectivity index (χ4n) is 8.83. The van der Waals surface area contributed by atoms with Gasteiger partial charge in [0.1, 0.15) is 23.6 Å². The van der Waals surface area contributed by atoms with E-state index in [4.69, 9.17) is 23.8 Å². The van der Waals surface area contributed by atoms with Gasteiger partial charge in [-0.1, -0.05) is 12.1 Å². The Balaban J connectivity index is 0.000000510. The first-order valence-corrected chi connectivity index (χ1v) is 16.9. The molecule has 8 rings (SSSR count). The molecular weight excluding hydrogens is 518 g/mol. The van der Waals surface area contributed by atoms with Crippen molar-refractivity contribution in [3.8, 4) is 5.75 Å². The van der Waals surface area contributed by atoms with Crippen LogP contribution in [0.3, 0.4) is 0 Å². The second-order valence-electron chi connectivity index (χ2n) is 13.2. The number of morpholine rings is 1. The van der Waals surface area contributed by atoms with Gasteiger partial charge in [0.2, 0.25) is 0 Å². The zero-order valence-electron chi connectivity index (χ0n) is 23.3. The molecule has 0 unspecified atom stereocenters. The number of nitrogens with zero attached hydrogens (tertiary/aromatic N) is 1. The van der Waals surface area contributed by atoms with E-state index in [1.165, 1.54) is 50.5 Å². The van der Waals surface area contributed by atoms with E-state index in [-0.39, 0.29) is 11.2 Å². The Kier molecular flexibility index (Phi) is 8.03.